The zero-order valence-electron chi connectivity index (χ0n) is 15.1. The van der Waals surface area contributed by atoms with Gasteiger partial charge in [0.1, 0.15) is 4.21 Å². The number of nitrogens with one attached hydrogen (secondary N) is 1. The van der Waals surface area contributed by atoms with Crippen LogP contribution in [0.5, 0.6) is 0 Å². The molecule has 0 saturated carbocycles. The number of ketones is 1. The predicted molar refractivity (Wildman–Crippen MR) is 106 cm³/mol. The normalized spacial score (nSPS) is 15.2. The Labute approximate surface area is 163 Å². The first kappa shape index (κ1) is 19.6. The summed E-state index contributed by atoms with van der Waals surface area (Å²) < 4.78 is 27.8. The minimum absolute atomic E-state index is 0.0840. The van der Waals surface area contributed by atoms with E-state index in [-0.39, 0.29) is 15.9 Å². The first-order chi connectivity index (χ1) is 12.9. The molecule has 3 rings (SSSR count). The van der Waals surface area contributed by atoms with Gasteiger partial charge in [-0.1, -0.05) is 12.8 Å². The first-order valence-corrected chi connectivity index (χ1v) is 11.2. The number of nitrogens with zero attached hydrogens (tertiary/aromatic N) is 1. The zero-order chi connectivity index (χ0) is 19.4. The molecule has 2 heterocycles. The maximum absolute atomic E-state index is 12.6. The number of carbonyl (C=O) groups is 2. The quantitative estimate of drug-likeness (QED) is 0.766. The van der Waals surface area contributed by atoms with Gasteiger partial charge in [-0.2, -0.15) is 0 Å². The summed E-state index contributed by atoms with van der Waals surface area (Å²) in [7, 11) is -3.78. The van der Waals surface area contributed by atoms with E-state index in [1.165, 1.54) is 13.0 Å². The molecule has 2 aromatic rings. The Hall–Kier alpha value is -2.19. The highest BCUT2D eigenvalue weighted by Gasteiger charge is 2.23. The lowest BCUT2D eigenvalue weighted by molar-refractivity contribution is 0.0762. The molecule has 0 atom stereocenters. The van der Waals surface area contributed by atoms with Crippen LogP contribution in [-0.2, 0) is 10.0 Å². The van der Waals surface area contributed by atoms with E-state index < -0.39 is 10.0 Å². The number of thiophene rings is 1. The highest BCUT2D eigenvalue weighted by atomic mass is 32.2. The predicted octanol–water partition coefficient (Wildman–Crippen LogP) is 3.77. The molecule has 1 N–H and O–H groups in total. The number of hydrogen-bond donors (Lipinski definition) is 1. The minimum Gasteiger partial charge on any atom is -0.339 e. The molecule has 1 aliphatic heterocycles. The van der Waals surface area contributed by atoms with Crippen LogP contribution in [0, 0.1) is 0 Å². The van der Waals surface area contributed by atoms with E-state index in [0.717, 1.165) is 50.1 Å². The van der Waals surface area contributed by atoms with Crippen molar-refractivity contribution in [1.82, 2.24) is 4.90 Å². The second-order valence-electron chi connectivity index (χ2n) is 6.60. The van der Waals surface area contributed by atoms with Gasteiger partial charge in [0, 0.05) is 29.7 Å². The van der Waals surface area contributed by atoms with Crippen molar-refractivity contribution in [3.05, 3.63) is 46.8 Å². The molecule has 1 amide bonds. The number of Topliss-reactive ketones (excluding diaryl/α,β-unsaturated/α-hetero) is 1. The second-order valence-corrected chi connectivity index (χ2v) is 9.42. The monoisotopic (exact) mass is 406 g/mol. The molecule has 27 heavy (non-hydrogen) atoms. The largest absolute Gasteiger partial charge is 0.339 e. The van der Waals surface area contributed by atoms with E-state index in [9.17, 15) is 18.0 Å². The van der Waals surface area contributed by atoms with Gasteiger partial charge in [-0.15, -0.1) is 11.3 Å². The van der Waals surface area contributed by atoms with Gasteiger partial charge in [-0.25, -0.2) is 8.42 Å². The third-order valence-corrected chi connectivity index (χ3v) is 7.34. The first-order valence-electron chi connectivity index (χ1n) is 8.88. The Kier molecular flexibility index (Phi) is 5.96. The van der Waals surface area contributed by atoms with Crippen molar-refractivity contribution in [3.63, 3.8) is 0 Å². The zero-order valence-corrected chi connectivity index (χ0v) is 16.7. The van der Waals surface area contributed by atoms with Crippen molar-refractivity contribution in [2.24, 2.45) is 0 Å². The fraction of sp³-hybridized carbons (Fsp3) is 0.368. The van der Waals surface area contributed by atoms with E-state index in [1.807, 2.05) is 0 Å². The van der Waals surface area contributed by atoms with Crippen molar-refractivity contribution in [2.45, 2.75) is 36.8 Å². The molecule has 1 aromatic carbocycles. The van der Waals surface area contributed by atoms with Gasteiger partial charge in [-0.05, 0) is 50.1 Å². The van der Waals surface area contributed by atoms with E-state index >= 15 is 0 Å². The van der Waals surface area contributed by atoms with Crippen LogP contribution in [0.1, 0.15) is 53.3 Å². The van der Waals surface area contributed by atoms with Crippen molar-refractivity contribution in [1.29, 1.82) is 0 Å². The summed E-state index contributed by atoms with van der Waals surface area (Å²) in [4.78, 5) is 25.8. The van der Waals surface area contributed by atoms with E-state index in [4.69, 9.17) is 0 Å². The maximum Gasteiger partial charge on any atom is 0.271 e. The molecule has 1 aromatic heterocycles. The Balaban J connectivity index is 1.73. The van der Waals surface area contributed by atoms with Crippen LogP contribution in [0.3, 0.4) is 0 Å². The molecule has 0 radical (unpaired) electrons. The van der Waals surface area contributed by atoms with Crippen LogP contribution in [0.4, 0.5) is 5.69 Å². The van der Waals surface area contributed by atoms with Gasteiger partial charge in [-0.3, -0.25) is 14.3 Å². The summed E-state index contributed by atoms with van der Waals surface area (Å²) in [6.07, 6.45) is 4.22. The third-order valence-electron chi connectivity index (χ3n) is 4.52. The lowest BCUT2D eigenvalue weighted by atomic mass is 10.1. The molecule has 1 fully saturated rings. The Morgan fingerprint density at radius 2 is 1.63 bits per heavy atom. The molecule has 0 spiro atoms. The van der Waals surface area contributed by atoms with Crippen molar-refractivity contribution in [2.75, 3.05) is 17.8 Å². The number of rotatable bonds is 5. The van der Waals surface area contributed by atoms with Crippen molar-refractivity contribution >= 4 is 38.7 Å². The SMILES string of the molecule is CC(=O)c1ccc(NS(=O)(=O)c2cc(C(=O)N3CCCCCC3)cs2)cc1. The topological polar surface area (TPSA) is 83.5 Å². The van der Waals surface area contributed by atoms with Crippen LogP contribution in [0.15, 0.2) is 39.9 Å². The van der Waals surface area contributed by atoms with Gasteiger partial charge in [0.15, 0.2) is 5.78 Å². The van der Waals surface area contributed by atoms with Gasteiger partial charge in [0.05, 0.1) is 5.56 Å². The molecular weight excluding hydrogens is 384 g/mol. The maximum atomic E-state index is 12.6. The van der Waals surface area contributed by atoms with Gasteiger partial charge >= 0.3 is 0 Å². The summed E-state index contributed by atoms with van der Waals surface area (Å²) in [5.41, 5.74) is 1.29. The Morgan fingerprint density at radius 1 is 1.00 bits per heavy atom. The highest BCUT2D eigenvalue weighted by molar-refractivity contribution is 7.94. The summed E-state index contributed by atoms with van der Waals surface area (Å²) in [6.45, 7) is 2.89. The molecule has 1 saturated heterocycles. The lowest BCUT2D eigenvalue weighted by Gasteiger charge is -2.19. The second kappa shape index (κ2) is 8.22. The number of hydrogen-bond acceptors (Lipinski definition) is 5. The summed E-state index contributed by atoms with van der Waals surface area (Å²) in [6, 6.07) is 7.67. The highest BCUT2D eigenvalue weighted by Crippen LogP contribution is 2.25. The Bertz CT molecular complexity index is 925. The molecule has 0 aliphatic carbocycles. The molecule has 1 aliphatic rings. The number of benzene rings is 1. The average molecular weight is 407 g/mol. The fourth-order valence-electron chi connectivity index (χ4n) is 3.00. The van der Waals surface area contributed by atoms with Crippen LogP contribution in [0.2, 0.25) is 0 Å². The van der Waals surface area contributed by atoms with E-state index in [2.05, 4.69) is 4.72 Å². The third kappa shape index (κ3) is 4.75. The number of likely N-dealkylation sites (tertiary alicyclic amines) is 1. The van der Waals surface area contributed by atoms with Crippen LogP contribution >= 0.6 is 11.3 Å². The summed E-state index contributed by atoms with van der Waals surface area (Å²) in [5.74, 6) is -0.195. The lowest BCUT2D eigenvalue weighted by Crippen LogP contribution is -2.31. The smallest absolute Gasteiger partial charge is 0.271 e. The molecule has 6 nitrogen and oxygen atoms in total. The number of amides is 1. The van der Waals surface area contributed by atoms with Crippen LogP contribution in [0.25, 0.3) is 0 Å². The summed E-state index contributed by atoms with van der Waals surface area (Å²) >= 11 is 1.03. The van der Waals surface area contributed by atoms with Gasteiger partial charge < -0.3 is 4.90 Å². The molecule has 8 heteroatoms. The molecule has 0 unspecified atom stereocenters. The standard InChI is InChI=1S/C19H22N2O4S2/c1-14(22)15-6-8-17(9-7-15)20-27(24,25)18-12-16(13-26-18)19(23)21-10-4-2-3-5-11-21/h6-9,12-13,20H,2-5,10-11H2,1H3. The fourth-order valence-corrected chi connectivity index (χ4v) is 5.22. The van der Waals surface area contributed by atoms with E-state index in [0.29, 0.717) is 16.8 Å². The van der Waals surface area contributed by atoms with Gasteiger partial charge in [0.2, 0.25) is 0 Å². The van der Waals surface area contributed by atoms with Crippen molar-refractivity contribution in [3.8, 4) is 0 Å². The average Bonchev–Trinajstić information content (AvgIpc) is 2.99. The van der Waals surface area contributed by atoms with Crippen LogP contribution < -0.4 is 4.72 Å². The van der Waals surface area contributed by atoms with Crippen molar-refractivity contribution < 1.29 is 18.0 Å². The number of anilines is 1. The Morgan fingerprint density at radius 3 is 2.22 bits per heavy atom. The minimum atomic E-state index is -3.78. The molecule has 144 valence electrons. The number of sulfonamides is 1. The summed E-state index contributed by atoms with van der Waals surface area (Å²) in [5, 5.41) is 1.60. The molecule has 0 bridgehead atoms. The van der Waals surface area contributed by atoms with Gasteiger partial charge in [0.25, 0.3) is 15.9 Å². The number of carbonyl (C=O) groups excluding carboxylic acids is 2. The van der Waals surface area contributed by atoms with E-state index in [1.54, 1.807) is 34.5 Å². The van der Waals surface area contributed by atoms with Crippen LogP contribution in [-0.4, -0.2) is 38.1 Å². The molecular formula is C19H22N2O4S2.